The number of carbonyl (C=O) groups is 1. The molecule has 4 aromatic rings. The molecule has 0 unspecified atom stereocenters. The fourth-order valence-corrected chi connectivity index (χ4v) is 3.38. The van der Waals surface area contributed by atoms with Gasteiger partial charge in [-0.3, -0.25) is 9.78 Å². The van der Waals surface area contributed by atoms with Crippen molar-refractivity contribution >= 4 is 22.5 Å². The molecule has 0 spiro atoms. The van der Waals surface area contributed by atoms with E-state index in [1.807, 2.05) is 97.1 Å². The topological polar surface area (TPSA) is 77.8 Å². The second-order valence-electron chi connectivity index (χ2n) is 6.92. The number of aromatic nitrogens is 1. The van der Waals surface area contributed by atoms with Gasteiger partial charge in [-0.2, -0.15) is 5.26 Å². The van der Waals surface area contributed by atoms with E-state index in [1.54, 1.807) is 6.20 Å². The minimum atomic E-state index is -0.457. The molecule has 4 rings (SSSR count). The third kappa shape index (κ3) is 4.60. The fourth-order valence-electron chi connectivity index (χ4n) is 3.38. The standard InChI is InChI=1S/C26H20N4O/c27-17-22(18-29-23-15-7-13-21-14-8-16-28-25(21)23)26(31)30-24(19-9-3-1-4-10-19)20-11-5-2-6-12-20/h1-16,18,24,29H,(H,30,31)/b22-18-. The van der Waals surface area contributed by atoms with Crippen LogP contribution in [0.25, 0.3) is 10.9 Å². The van der Waals surface area contributed by atoms with Gasteiger partial charge < -0.3 is 10.6 Å². The molecule has 0 aliphatic heterocycles. The van der Waals surface area contributed by atoms with Crippen LogP contribution in [0, 0.1) is 11.3 Å². The number of fused-ring (bicyclic) bond motifs is 1. The van der Waals surface area contributed by atoms with E-state index in [9.17, 15) is 10.1 Å². The summed E-state index contributed by atoms with van der Waals surface area (Å²) in [5, 5.41) is 16.6. The van der Waals surface area contributed by atoms with Crippen molar-refractivity contribution in [3.05, 3.63) is 120 Å². The molecule has 0 atom stereocenters. The summed E-state index contributed by atoms with van der Waals surface area (Å²) < 4.78 is 0. The van der Waals surface area contributed by atoms with Crippen LogP contribution in [0.4, 0.5) is 5.69 Å². The van der Waals surface area contributed by atoms with Crippen LogP contribution in [0.5, 0.6) is 0 Å². The number of rotatable bonds is 6. The van der Waals surface area contributed by atoms with Crippen LogP contribution in [0.3, 0.4) is 0 Å². The van der Waals surface area contributed by atoms with Gasteiger partial charge in [0, 0.05) is 17.8 Å². The Kier molecular flexibility index (Phi) is 6.01. The molecule has 31 heavy (non-hydrogen) atoms. The zero-order valence-corrected chi connectivity index (χ0v) is 16.7. The summed E-state index contributed by atoms with van der Waals surface area (Å²) in [5.41, 5.74) is 3.34. The van der Waals surface area contributed by atoms with Gasteiger partial charge in [0.05, 0.1) is 17.2 Å². The quantitative estimate of drug-likeness (QED) is 0.352. The van der Waals surface area contributed by atoms with Crippen molar-refractivity contribution in [1.29, 1.82) is 5.26 Å². The third-order valence-corrected chi connectivity index (χ3v) is 4.91. The molecule has 0 fully saturated rings. The Morgan fingerprint density at radius 1 is 0.871 bits per heavy atom. The van der Waals surface area contributed by atoms with Crippen molar-refractivity contribution in [1.82, 2.24) is 10.3 Å². The Morgan fingerprint density at radius 3 is 2.16 bits per heavy atom. The number of hydrogen-bond acceptors (Lipinski definition) is 4. The first-order valence-electron chi connectivity index (χ1n) is 9.87. The lowest BCUT2D eigenvalue weighted by Crippen LogP contribution is -2.30. The van der Waals surface area contributed by atoms with Crippen LogP contribution in [0.15, 0.2) is 109 Å². The first-order valence-corrected chi connectivity index (χ1v) is 9.87. The number of benzene rings is 3. The zero-order valence-electron chi connectivity index (χ0n) is 16.7. The zero-order chi connectivity index (χ0) is 21.5. The number of para-hydroxylation sites is 1. The highest BCUT2D eigenvalue weighted by Gasteiger charge is 2.19. The molecule has 150 valence electrons. The number of amides is 1. The number of anilines is 1. The molecule has 5 heteroatoms. The van der Waals surface area contributed by atoms with E-state index in [0.717, 1.165) is 27.7 Å². The Balaban J connectivity index is 1.59. The summed E-state index contributed by atoms with van der Waals surface area (Å²) in [6, 6.07) is 30.5. The summed E-state index contributed by atoms with van der Waals surface area (Å²) in [6.07, 6.45) is 3.13. The number of pyridine rings is 1. The van der Waals surface area contributed by atoms with Crippen molar-refractivity contribution in [2.24, 2.45) is 0 Å². The van der Waals surface area contributed by atoms with E-state index in [0.29, 0.717) is 0 Å². The van der Waals surface area contributed by atoms with E-state index in [4.69, 9.17) is 0 Å². The number of carbonyl (C=O) groups excluding carboxylic acids is 1. The average molecular weight is 404 g/mol. The summed E-state index contributed by atoms with van der Waals surface area (Å²) in [7, 11) is 0. The van der Waals surface area contributed by atoms with Crippen LogP contribution in [-0.2, 0) is 4.79 Å². The lowest BCUT2D eigenvalue weighted by molar-refractivity contribution is -0.117. The Morgan fingerprint density at radius 2 is 1.52 bits per heavy atom. The summed E-state index contributed by atoms with van der Waals surface area (Å²) >= 11 is 0. The van der Waals surface area contributed by atoms with Crippen LogP contribution < -0.4 is 10.6 Å². The first kappa shape index (κ1) is 19.9. The molecule has 5 nitrogen and oxygen atoms in total. The highest BCUT2D eigenvalue weighted by molar-refractivity contribution is 5.98. The predicted octanol–water partition coefficient (Wildman–Crippen LogP) is 4.96. The van der Waals surface area contributed by atoms with Gasteiger partial charge in [-0.15, -0.1) is 0 Å². The van der Waals surface area contributed by atoms with E-state index < -0.39 is 5.91 Å². The second-order valence-corrected chi connectivity index (χ2v) is 6.92. The van der Waals surface area contributed by atoms with Gasteiger partial charge >= 0.3 is 0 Å². The normalized spacial score (nSPS) is 11.2. The van der Waals surface area contributed by atoms with Gasteiger partial charge in [0.2, 0.25) is 0 Å². The average Bonchev–Trinajstić information content (AvgIpc) is 2.84. The van der Waals surface area contributed by atoms with E-state index >= 15 is 0 Å². The van der Waals surface area contributed by atoms with Crippen molar-refractivity contribution in [2.75, 3.05) is 5.32 Å². The monoisotopic (exact) mass is 404 g/mol. The Hall–Kier alpha value is -4.43. The molecular weight excluding hydrogens is 384 g/mol. The summed E-state index contributed by atoms with van der Waals surface area (Å²) in [5.74, 6) is -0.457. The lowest BCUT2D eigenvalue weighted by Gasteiger charge is -2.19. The SMILES string of the molecule is N#C/C(=C/Nc1cccc2cccnc12)C(=O)NC(c1ccccc1)c1ccccc1. The molecule has 1 heterocycles. The smallest absolute Gasteiger partial charge is 0.264 e. The maximum atomic E-state index is 13.0. The van der Waals surface area contributed by atoms with Crippen molar-refractivity contribution in [3.63, 3.8) is 0 Å². The highest BCUT2D eigenvalue weighted by Crippen LogP contribution is 2.23. The molecule has 2 N–H and O–H groups in total. The number of nitrogens with zero attached hydrogens (tertiary/aromatic N) is 2. The maximum Gasteiger partial charge on any atom is 0.264 e. The largest absolute Gasteiger partial charge is 0.358 e. The maximum absolute atomic E-state index is 13.0. The molecular formula is C26H20N4O. The first-order chi connectivity index (χ1) is 15.3. The van der Waals surface area contributed by atoms with Crippen molar-refractivity contribution in [2.45, 2.75) is 6.04 Å². The van der Waals surface area contributed by atoms with Crippen LogP contribution >= 0.6 is 0 Å². The number of nitrogens with one attached hydrogen (secondary N) is 2. The molecule has 0 bridgehead atoms. The Bertz CT molecular complexity index is 1220. The van der Waals surface area contributed by atoms with Gasteiger partial charge in [-0.25, -0.2) is 0 Å². The van der Waals surface area contributed by atoms with Gasteiger partial charge in [0.25, 0.3) is 5.91 Å². The predicted molar refractivity (Wildman–Crippen MR) is 122 cm³/mol. The van der Waals surface area contributed by atoms with Crippen molar-refractivity contribution in [3.8, 4) is 6.07 Å². The van der Waals surface area contributed by atoms with E-state index in [2.05, 4.69) is 15.6 Å². The van der Waals surface area contributed by atoms with Gasteiger partial charge in [0.1, 0.15) is 11.6 Å². The van der Waals surface area contributed by atoms with Gasteiger partial charge in [-0.05, 0) is 23.3 Å². The van der Waals surface area contributed by atoms with E-state index in [1.165, 1.54) is 6.20 Å². The second kappa shape index (κ2) is 9.38. The minimum Gasteiger partial charge on any atom is -0.358 e. The third-order valence-electron chi connectivity index (χ3n) is 4.91. The highest BCUT2D eigenvalue weighted by atomic mass is 16.1. The molecule has 1 amide bonds. The lowest BCUT2D eigenvalue weighted by atomic mass is 9.98. The van der Waals surface area contributed by atoms with E-state index in [-0.39, 0.29) is 11.6 Å². The van der Waals surface area contributed by atoms with Crippen LogP contribution in [0.1, 0.15) is 17.2 Å². The fraction of sp³-hybridized carbons (Fsp3) is 0.0385. The molecule has 0 aliphatic carbocycles. The minimum absolute atomic E-state index is 0.0233. The molecule has 1 aromatic heterocycles. The summed E-state index contributed by atoms with van der Waals surface area (Å²) in [6.45, 7) is 0. The Labute approximate surface area is 180 Å². The number of hydrogen-bond donors (Lipinski definition) is 2. The van der Waals surface area contributed by atoms with Crippen LogP contribution in [0.2, 0.25) is 0 Å². The van der Waals surface area contributed by atoms with Crippen LogP contribution in [-0.4, -0.2) is 10.9 Å². The van der Waals surface area contributed by atoms with Crippen molar-refractivity contribution < 1.29 is 4.79 Å². The molecule has 0 saturated carbocycles. The van der Waals surface area contributed by atoms with Gasteiger partial charge in [-0.1, -0.05) is 78.9 Å². The summed E-state index contributed by atoms with van der Waals surface area (Å²) in [4.78, 5) is 17.3. The molecule has 3 aromatic carbocycles. The molecule has 0 aliphatic rings. The number of nitriles is 1. The van der Waals surface area contributed by atoms with Gasteiger partial charge in [0.15, 0.2) is 0 Å². The molecule has 0 saturated heterocycles. The molecule has 0 radical (unpaired) electrons.